The van der Waals surface area contributed by atoms with Gasteiger partial charge in [-0.1, -0.05) is 0 Å². The second kappa shape index (κ2) is 3.15. The van der Waals surface area contributed by atoms with Gasteiger partial charge in [0.05, 0.1) is 6.10 Å². The van der Waals surface area contributed by atoms with Crippen LogP contribution < -0.4 is 0 Å². The average molecular weight is 170 g/mol. The number of Topliss-reactive ketones (excluding diaryl/α,β-unsaturated/α-hetero) is 1. The molecule has 3 nitrogen and oxygen atoms in total. The SMILES string of the molecule is COCO[C@H]1CC(=O)[C@@H]2CC[C@H]12. The number of hydrogen-bond acceptors (Lipinski definition) is 3. The summed E-state index contributed by atoms with van der Waals surface area (Å²) in [6, 6.07) is 0. The van der Waals surface area contributed by atoms with Crippen molar-refractivity contribution in [3.05, 3.63) is 0 Å². The Kier molecular flexibility index (Phi) is 2.15. The molecule has 2 saturated carbocycles. The van der Waals surface area contributed by atoms with Crippen molar-refractivity contribution >= 4 is 5.78 Å². The Balaban J connectivity index is 1.88. The molecular formula is C9H14O3. The Bertz CT molecular complexity index is 190. The summed E-state index contributed by atoms with van der Waals surface area (Å²) in [5.74, 6) is 1.23. The van der Waals surface area contributed by atoms with Gasteiger partial charge in [0.1, 0.15) is 12.6 Å². The lowest BCUT2D eigenvalue weighted by Crippen LogP contribution is -2.31. The number of fused-ring (bicyclic) bond motifs is 1. The third-order valence-corrected chi connectivity index (χ3v) is 3.02. The fourth-order valence-corrected chi connectivity index (χ4v) is 2.21. The van der Waals surface area contributed by atoms with E-state index in [0.29, 0.717) is 30.8 Å². The number of hydrogen-bond donors (Lipinski definition) is 0. The van der Waals surface area contributed by atoms with Crippen molar-refractivity contribution < 1.29 is 14.3 Å². The maximum atomic E-state index is 11.3. The van der Waals surface area contributed by atoms with Crippen LogP contribution in [0, 0.1) is 11.8 Å². The first-order valence-corrected chi connectivity index (χ1v) is 4.46. The van der Waals surface area contributed by atoms with Crippen molar-refractivity contribution in [2.45, 2.75) is 25.4 Å². The average Bonchev–Trinajstić information content (AvgIpc) is 2.16. The fraction of sp³-hybridized carbons (Fsp3) is 0.889. The molecule has 0 N–H and O–H groups in total. The quantitative estimate of drug-likeness (QED) is 0.592. The van der Waals surface area contributed by atoms with Gasteiger partial charge in [-0.2, -0.15) is 0 Å². The molecule has 68 valence electrons. The van der Waals surface area contributed by atoms with Crippen LogP contribution in [-0.4, -0.2) is 25.8 Å². The predicted octanol–water partition coefficient (Wildman–Crippen LogP) is 0.975. The molecule has 0 heterocycles. The topological polar surface area (TPSA) is 35.5 Å². The first-order valence-electron chi connectivity index (χ1n) is 4.46. The largest absolute Gasteiger partial charge is 0.359 e. The third-order valence-electron chi connectivity index (χ3n) is 3.02. The van der Waals surface area contributed by atoms with E-state index < -0.39 is 0 Å². The number of methoxy groups -OCH3 is 1. The molecule has 0 amide bonds. The van der Waals surface area contributed by atoms with Crippen LogP contribution in [0.2, 0.25) is 0 Å². The van der Waals surface area contributed by atoms with Crippen LogP contribution in [0.4, 0.5) is 0 Å². The van der Waals surface area contributed by atoms with E-state index in [0.717, 1.165) is 12.8 Å². The van der Waals surface area contributed by atoms with E-state index in [4.69, 9.17) is 9.47 Å². The van der Waals surface area contributed by atoms with Gasteiger partial charge in [0.2, 0.25) is 0 Å². The normalized spacial score (nSPS) is 39.4. The predicted molar refractivity (Wildman–Crippen MR) is 42.6 cm³/mol. The molecule has 2 aliphatic carbocycles. The second-order valence-corrected chi connectivity index (χ2v) is 3.63. The van der Waals surface area contributed by atoms with Crippen LogP contribution in [-0.2, 0) is 14.3 Å². The summed E-state index contributed by atoms with van der Waals surface area (Å²) in [7, 11) is 1.61. The Morgan fingerprint density at radius 2 is 2.33 bits per heavy atom. The minimum atomic E-state index is 0.149. The van der Waals surface area contributed by atoms with Crippen molar-refractivity contribution in [3.8, 4) is 0 Å². The number of carbonyl (C=O) groups excluding carboxylic acids is 1. The van der Waals surface area contributed by atoms with E-state index in [9.17, 15) is 4.79 Å². The van der Waals surface area contributed by atoms with E-state index in [1.165, 1.54) is 0 Å². The van der Waals surface area contributed by atoms with Crippen molar-refractivity contribution in [2.75, 3.05) is 13.9 Å². The van der Waals surface area contributed by atoms with Crippen molar-refractivity contribution in [2.24, 2.45) is 11.8 Å². The molecule has 0 bridgehead atoms. The summed E-state index contributed by atoms with van der Waals surface area (Å²) in [6.45, 7) is 0.321. The molecule has 0 aliphatic heterocycles. The molecule has 2 fully saturated rings. The molecule has 0 aromatic carbocycles. The highest BCUT2D eigenvalue weighted by Gasteiger charge is 2.48. The maximum absolute atomic E-state index is 11.3. The molecule has 0 spiro atoms. The van der Waals surface area contributed by atoms with Crippen LogP contribution in [0.25, 0.3) is 0 Å². The van der Waals surface area contributed by atoms with Crippen LogP contribution >= 0.6 is 0 Å². The summed E-state index contributed by atoms with van der Waals surface area (Å²) < 4.78 is 10.2. The lowest BCUT2D eigenvalue weighted by molar-refractivity contribution is -0.123. The van der Waals surface area contributed by atoms with Gasteiger partial charge in [0.15, 0.2) is 0 Å². The van der Waals surface area contributed by atoms with E-state index >= 15 is 0 Å². The third kappa shape index (κ3) is 1.17. The minimum Gasteiger partial charge on any atom is -0.359 e. The Morgan fingerprint density at radius 3 is 2.83 bits per heavy atom. The molecule has 0 aromatic rings. The number of ether oxygens (including phenoxy) is 2. The number of ketones is 1. The zero-order valence-corrected chi connectivity index (χ0v) is 7.29. The molecule has 12 heavy (non-hydrogen) atoms. The highest BCUT2D eigenvalue weighted by molar-refractivity contribution is 5.85. The van der Waals surface area contributed by atoms with Gasteiger partial charge in [0, 0.05) is 19.4 Å². The Labute approximate surface area is 72.0 Å². The molecular weight excluding hydrogens is 156 g/mol. The van der Waals surface area contributed by atoms with Crippen LogP contribution in [0.1, 0.15) is 19.3 Å². The highest BCUT2D eigenvalue weighted by atomic mass is 16.7. The molecule has 2 rings (SSSR count). The van der Waals surface area contributed by atoms with Crippen molar-refractivity contribution in [1.82, 2.24) is 0 Å². The lowest BCUT2D eigenvalue weighted by Gasteiger charge is -2.32. The molecule has 0 unspecified atom stereocenters. The molecule has 3 atom stereocenters. The maximum Gasteiger partial charge on any atom is 0.146 e. The van der Waals surface area contributed by atoms with Crippen molar-refractivity contribution in [1.29, 1.82) is 0 Å². The number of carbonyl (C=O) groups is 1. The molecule has 0 saturated heterocycles. The van der Waals surface area contributed by atoms with Gasteiger partial charge < -0.3 is 9.47 Å². The fourth-order valence-electron chi connectivity index (χ4n) is 2.21. The monoisotopic (exact) mass is 170 g/mol. The van der Waals surface area contributed by atoms with Crippen LogP contribution in [0.3, 0.4) is 0 Å². The molecule has 2 aliphatic rings. The van der Waals surface area contributed by atoms with E-state index in [2.05, 4.69) is 0 Å². The zero-order valence-electron chi connectivity index (χ0n) is 7.29. The van der Waals surface area contributed by atoms with Gasteiger partial charge in [-0.05, 0) is 18.8 Å². The summed E-state index contributed by atoms with van der Waals surface area (Å²) in [4.78, 5) is 11.3. The standard InChI is InChI=1S/C9H14O3/c1-11-5-12-9-4-8(10)6-2-3-7(6)9/h6-7,9H,2-5H2,1H3/t6-,7+,9+/m1/s1. The second-order valence-electron chi connectivity index (χ2n) is 3.63. The molecule has 0 aromatic heterocycles. The summed E-state index contributed by atoms with van der Waals surface area (Å²) in [5.41, 5.74) is 0. The first kappa shape index (κ1) is 8.20. The number of rotatable bonds is 3. The smallest absolute Gasteiger partial charge is 0.146 e. The lowest BCUT2D eigenvalue weighted by atomic mass is 9.75. The van der Waals surface area contributed by atoms with Crippen LogP contribution in [0.5, 0.6) is 0 Å². The molecule has 3 heteroatoms. The van der Waals surface area contributed by atoms with E-state index in [1.54, 1.807) is 7.11 Å². The Hall–Kier alpha value is -0.410. The first-order chi connectivity index (χ1) is 5.83. The van der Waals surface area contributed by atoms with Gasteiger partial charge in [-0.25, -0.2) is 0 Å². The van der Waals surface area contributed by atoms with E-state index in [-0.39, 0.29) is 6.10 Å². The summed E-state index contributed by atoms with van der Waals surface area (Å²) >= 11 is 0. The van der Waals surface area contributed by atoms with Crippen LogP contribution in [0.15, 0.2) is 0 Å². The Morgan fingerprint density at radius 1 is 1.50 bits per heavy atom. The molecule has 0 radical (unpaired) electrons. The zero-order chi connectivity index (χ0) is 8.55. The van der Waals surface area contributed by atoms with Gasteiger partial charge in [-0.3, -0.25) is 4.79 Å². The highest BCUT2D eigenvalue weighted by Crippen LogP contribution is 2.45. The van der Waals surface area contributed by atoms with Gasteiger partial charge >= 0.3 is 0 Å². The van der Waals surface area contributed by atoms with E-state index in [1.807, 2.05) is 0 Å². The summed E-state index contributed by atoms with van der Waals surface area (Å²) in [5, 5.41) is 0. The van der Waals surface area contributed by atoms with Gasteiger partial charge in [0.25, 0.3) is 0 Å². The minimum absolute atomic E-state index is 0.149. The van der Waals surface area contributed by atoms with Crippen molar-refractivity contribution in [3.63, 3.8) is 0 Å². The summed E-state index contributed by atoms with van der Waals surface area (Å²) in [6.07, 6.45) is 3.00. The van der Waals surface area contributed by atoms with Gasteiger partial charge in [-0.15, -0.1) is 0 Å².